The fourth-order valence-corrected chi connectivity index (χ4v) is 2.38. The van der Waals surface area contributed by atoms with E-state index in [-0.39, 0.29) is 5.91 Å². The van der Waals surface area contributed by atoms with E-state index >= 15 is 0 Å². The predicted octanol–water partition coefficient (Wildman–Crippen LogP) is 1.95. The smallest absolute Gasteiger partial charge is 0.328 e. The molecule has 0 atom stereocenters. The van der Waals surface area contributed by atoms with Crippen molar-refractivity contribution in [2.45, 2.75) is 0 Å². The first-order valence-corrected chi connectivity index (χ1v) is 6.39. The molecule has 0 spiro atoms. The molecule has 2 N–H and O–H groups in total. The lowest BCUT2D eigenvalue weighted by Crippen LogP contribution is -2.10. The summed E-state index contributed by atoms with van der Waals surface area (Å²) in [5, 5.41) is 17.1. The van der Waals surface area contributed by atoms with Crippen LogP contribution in [0.3, 0.4) is 0 Å². The van der Waals surface area contributed by atoms with Gasteiger partial charge in [-0.05, 0) is 23.1 Å². The van der Waals surface area contributed by atoms with E-state index < -0.39 is 5.97 Å². The van der Waals surface area contributed by atoms with Crippen LogP contribution in [0.4, 0.5) is 5.00 Å². The number of nitrogens with zero attached hydrogens (tertiary/aromatic N) is 2. The Labute approximate surface area is 110 Å². The lowest BCUT2D eigenvalue weighted by atomic mass is 10.2. The zero-order valence-corrected chi connectivity index (χ0v) is 10.5. The molecule has 2 aromatic heterocycles. The van der Waals surface area contributed by atoms with Gasteiger partial charge in [0.25, 0.3) is 5.91 Å². The number of nitrogens with one attached hydrogen (secondary N) is 1. The second-order valence-corrected chi connectivity index (χ2v) is 4.81. The van der Waals surface area contributed by atoms with Crippen LogP contribution >= 0.6 is 22.9 Å². The third-order valence-corrected chi connectivity index (χ3v) is 3.41. The Kier molecular flexibility index (Phi) is 3.80. The molecule has 2 heterocycles. The third-order valence-electron chi connectivity index (χ3n) is 1.91. The highest BCUT2D eigenvalue weighted by Crippen LogP contribution is 2.20. The van der Waals surface area contributed by atoms with Crippen LogP contribution in [0.2, 0.25) is 0 Å². The fraction of sp³-hybridized carbons (Fsp3) is 0. The van der Waals surface area contributed by atoms with Crippen LogP contribution in [0, 0.1) is 0 Å². The van der Waals surface area contributed by atoms with Gasteiger partial charge in [0, 0.05) is 17.6 Å². The first kappa shape index (κ1) is 12.4. The van der Waals surface area contributed by atoms with Gasteiger partial charge in [0.2, 0.25) is 0 Å². The number of anilines is 1. The molecule has 0 aromatic carbocycles. The highest BCUT2D eigenvalue weighted by atomic mass is 32.1. The number of carboxylic acids is 1. The van der Waals surface area contributed by atoms with Gasteiger partial charge in [-0.15, -0.1) is 16.4 Å². The van der Waals surface area contributed by atoms with E-state index in [1.54, 1.807) is 11.4 Å². The summed E-state index contributed by atoms with van der Waals surface area (Å²) in [5.74, 6) is -1.36. The van der Waals surface area contributed by atoms with Crippen molar-refractivity contribution in [2.75, 3.05) is 5.32 Å². The second-order valence-electron chi connectivity index (χ2n) is 3.11. The maximum atomic E-state index is 11.9. The van der Waals surface area contributed by atoms with Gasteiger partial charge in [0.1, 0.15) is 5.00 Å². The molecule has 1 amide bonds. The molecule has 2 rings (SSSR count). The van der Waals surface area contributed by atoms with Crippen molar-refractivity contribution in [2.24, 2.45) is 0 Å². The number of carbonyl (C=O) groups excluding carboxylic acids is 1. The average molecular weight is 281 g/mol. The summed E-state index contributed by atoms with van der Waals surface area (Å²) in [6.45, 7) is 0. The van der Waals surface area contributed by atoms with Gasteiger partial charge in [0.15, 0.2) is 0 Å². The van der Waals surface area contributed by atoms with Crippen LogP contribution in [0.1, 0.15) is 15.2 Å². The number of thiophene rings is 1. The van der Waals surface area contributed by atoms with Gasteiger partial charge < -0.3 is 10.4 Å². The molecule has 2 aromatic rings. The highest BCUT2D eigenvalue weighted by molar-refractivity contribution is 7.13. The van der Waals surface area contributed by atoms with Crippen molar-refractivity contribution < 1.29 is 14.7 Å². The summed E-state index contributed by atoms with van der Waals surface area (Å²) in [7, 11) is 0. The van der Waals surface area contributed by atoms with Crippen LogP contribution in [0.25, 0.3) is 6.08 Å². The molecule has 0 bridgehead atoms. The molecular formula is C10H7N3O3S2. The fourth-order valence-electron chi connectivity index (χ4n) is 1.19. The summed E-state index contributed by atoms with van der Waals surface area (Å²) in [6, 6.07) is 1.68. The molecule has 0 aliphatic heterocycles. The number of hydrogen-bond donors (Lipinski definition) is 2. The van der Waals surface area contributed by atoms with E-state index in [1.165, 1.54) is 23.6 Å². The van der Waals surface area contributed by atoms with Gasteiger partial charge in [-0.1, -0.05) is 4.49 Å². The molecule has 92 valence electrons. The Morgan fingerprint density at radius 2 is 2.28 bits per heavy atom. The highest BCUT2D eigenvalue weighted by Gasteiger charge is 2.12. The number of rotatable bonds is 4. The molecule has 0 radical (unpaired) electrons. The summed E-state index contributed by atoms with van der Waals surface area (Å²) >= 11 is 2.31. The first-order chi connectivity index (χ1) is 8.66. The van der Waals surface area contributed by atoms with Gasteiger partial charge in [-0.25, -0.2) is 4.79 Å². The molecule has 0 fully saturated rings. The van der Waals surface area contributed by atoms with E-state index in [9.17, 15) is 9.59 Å². The number of aliphatic carboxylic acids is 1. The van der Waals surface area contributed by atoms with Crippen LogP contribution in [-0.4, -0.2) is 26.6 Å². The Balaban J connectivity index is 2.16. The zero-order chi connectivity index (χ0) is 13.0. The maximum absolute atomic E-state index is 11.9. The third kappa shape index (κ3) is 2.99. The number of amides is 1. The molecular weight excluding hydrogens is 274 g/mol. The minimum Gasteiger partial charge on any atom is -0.478 e. The van der Waals surface area contributed by atoms with Crippen LogP contribution < -0.4 is 5.32 Å². The molecule has 0 aliphatic carbocycles. The van der Waals surface area contributed by atoms with E-state index in [2.05, 4.69) is 14.9 Å². The van der Waals surface area contributed by atoms with Crippen molar-refractivity contribution in [1.29, 1.82) is 0 Å². The topological polar surface area (TPSA) is 92.2 Å². The van der Waals surface area contributed by atoms with E-state index in [1.807, 2.05) is 0 Å². The maximum Gasteiger partial charge on any atom is 0.328 e. The average Bonchev–Trinajstić information content (AvgIpc) is 2.96. The van der Waals surface area contributed by atoms with Gasteiger partial charge in [0.05, 0.1) is 11.1 Å². The SMILES string of the molecule is O=C(O)/C=C/c1ccsc1C(=O)Nc1cnns1. The summed E-state index contributed by atoms with van der Waals surface area (Å²) in [6.07, 6.45) is 3.83. The Morgan fingerprint density at radius 1 is 1.44 bits per heavy atom. The number of carbonyl (C=O) groups is 2. The van der Waals surface area contributed by atoms with Crippen molar-refractivity contribution in [1.82, 2.24) is 9.59 Å². The largest absolute Gasteiger partial charge is 0.478 e. The number of aromatic nitrogens is 2. The van der Waals surface area contributed by atoms with Gasteiger partial charge in [-0.2, -0.15) is 0 Å². The van der Waals surface area contributed by atoms with Gasteiger partial charge >= 0.3 is 5.97 Å². The Hall–Kier alpha value is -2.06. The minimum absolute atomic E-state index is 0.305. The summed E-state index contributed by atoms with van der Waals surface area (Å²) in [4.78, 5) is 22.8. The molecule has 0 saturated heterocycles. The number of hydrogen-bond acceptors (Lipinski definition) is 6. The van der Waals surface area contributed by atoms with Crippen molar-refractivity contribution in [3.63, 3.8) is 0 Å². The quantitative estimate of drug-likeness (QED) is 0.836. The molecule has 0 saturated carbocycles. The van der Waals surface area contributed by atoms with E-state index in [0.717, 1.165) is 17.6 Å². The molecule has 0 unspecified atom stereocenters. The summed E-state index contributed by atoms with van der Waals surface area (Å²) < 4.78 is 3.63. The van der Waals surface area contributed by atoms with Gasteiger partial charge in [-0.3, -0.25) is 4.79 Å². The standard InChI is InChI=1S/C10H7N3O3S2/c14-8(15)2-1-6-3-4-17-9(6)10(16)12-7-5-11-13-18-7/h1-5H,(H,12,16)(H,14,15)/b2-1+. The van der Waals surface area contributed by atoms with Crippen LogP contribution in [-0.2, 0) is 4.79 Å². The Bertz CT molecular complexity index is 589. The van der Waals surface area contributed by atoms with Crippen molar-refractivity contribution >= 4 is 45.8 Å². The molecule has 18 heavy (non-hydrogen) atoms. The predicted molar refractivity (Wildman–Crippen MR) is 68.9 cm³/mol. The van der Waals surface area contributed by atoms with Crippen molar-refractivity contribution in [3.8, 4) is 0 Å². The minimum atomic E-state index is -1.06. The first-order valence-electron chi connectivity index (χ1n) is 4.74. The monoisotopic (exact) mass is 281 g/mol. The van der Waals surface area contributed by atoms with Crippen LogP contribution in [0.15, 0.2) is 23.7 Å². The van der Waals surface area contributed by atoms with E-state index in [4.69, 9.17) is 5.11 Å². The lowest BCUT2D eigenvalue weighted by molar-refractivity contribution is -0.131. The lowest BCUT2D eigenvalue weighted by Gasteiger charge is -1.99. The number of carboxylic acid groups (broad SMARTS) is 1. The Morgan fingerprint density at radius 3 is 2.94 bits per heavy atom. The van der Waals surface area contributed by atoms with Crippen LogP contribution in [0.5, 0.6) is 0 Å². The van der Waals surface area contributed by atoms with Crippen molar-refractivity contribution in [3.05, 3.63) is 34.2 Å². The molecule has 6 nitrogen and oxygen atoms in total. The molecule has 8 heteroatoms. The zero-order valence-electron chi connectivity index (χ0n) is 8.86. The van der Waals surface area contributed by atoms with E-state index in [0.29, 0.717) is 15.4 Å². The second kappa shape index (κ2) is 5.52. The molecule has 0 aliphatic rings. The normalized spacial score (nSPS) is 10.7. The summed E-state index contributed by atoms with van der Waals surface area (Å²) in [5.41, 5.74) is 0.567.